The highest BCUT2D eigenvalue weighted by atomic mass is 79.9. The van der Waals surface area contributed by atoms with Crippen molar-refractivity contribution in [3.05, 3.63) is 74.2 Å². The van der Waals surface area contributed by atoms with Gasteiger partial charge in [-0.25, -0.2) is 0 Å². The van der Waals surface area contributed by atoms with Crippen LogP contribution >= 0.6 is 15.9 Å². The summed E-state index contributed by atoms with van der Waals surface area (Å²) in [5.74, 6) is -0.459. The molecule has 0 aromatic heterocycles. The summed E-state index contributed by atoms with van der Waals surface area (Å²) in [5, 5.41) is 27.2. The molecule has 0 unspecified atom stereocenters. The van der Waals surface area contributed by atoms with E-state index < -0.39 is 16.6 Å². The quantitative estimate of drug-likeness (QED) is 0.626. The summed E-state index contributed by atoms with van der Waals surface area (Å²) < 4.78 is 0.733. The lowest BCUT2D eigenvalue weighted by atomic mass is 9.97. The number of halogens is 1. The molecular formula is C17H14BrN3O4. The monoisotopic (exact) mass is 403 g/mol. The van der Waals surface area contributed by atoms with Gasteiger partial charge in [0.25, 0.3) is 11.6 Å². The fourth-order valence-electron chi connectivity index (χ4n) is 2.75. The highest BCUT2D eigenvalue weighted by Gasteiger charge is 2.45. The van der Waals surface area contributed by atoms with Gasteiger partial charge in [-0.1, -0.05) is 22.0 Å². The van der Waals surface area contributed by atoms with Crippen molar-refractivity contribution in [2.24, 2.45) is 5.10 Å². The van der Waals surface area contributed by atoms with Crippen molar-refractivity contribution in [1.29, 1.82) is 0 Å². The fourth-order valence-corrected chi connectivity index (χ4v) is 3.15. The highest BCUT2D eigenvalue weighted by Crippen LogP contribution is 2.37. The third-order valence-corrected chi connectivity index (χ3v) is 4.42. The van der Waals surface area contributed by atoms with Crippen LogP contribution in [0.4, 0.5) is 5.69 Å². The Morgan fingerprint density at radius 1 is 1.32 bits per heavy atom. The van der Waals surface area contributed by atoms with Crippen LogP contribution in [0.25, 0.3) is 0 Å². The smallest absolute Gasteiger partial charge is 0.276 e. The number of nitro benzene ring substituents is 1. The second-order valence-electron chi connectivity index (χ2n) is 5.76. The molecule has 0 aliphatic carbocycles. The van der Waals surface area contributed by atoms with Gasteiger partial charge >= 0.3 is 0 Å². The largest absolute Gasteiger partial charge is 0.365 e. The summed E-state index contributed by atoms with van der Waals surface area (Å²) in [6.07, 6.45) is 0.130. The first-order valence-electron chi connectivity index (χ1n) is 7.43. The number of nitrogens with zero attached hydrogens (tertiary/aromatic N) is 3. The first-order chi connectivity index (χ1) is 11.8. The minimum absolute atomic E-state index is 0.0900. The topological polar surface area (TPSA) is 96.0 Å². The lowest BCUT2D eigenvalue weighted by Gasteiger charge is -2.31. The SMILES string of the molecule is CC1=NN(C(=O)c2cccc(Br)c2)[C@@](O)(c2ccc([N+](=O)[O-])cc2)C1. The Labute approximate surface area is 151 Å². The predicted molar refractivity (Wildman–Crippen MR) is 95.0 cm³/mol. The van der Waals surface area contributed by atoms with Gasteiger partial charge in [-0.3, -0.25) is 14.9 Å². The van der Waals surface area contributed by atoms with Crippen molar-refractivity contribution in [2.75, 3.05) is 0 Å². The molecule has 0 bridgehead atoms. The molecule has 1 atom stereocenters. The van der Waals surface area contributed by atoms with E-state index in [0.717, 1.165) is 9.48 Å². The number of amides is 1. The van der Waals surface area contributed by atoms with Gasteiger partial charge in [0.05, 0.1) is 4.92 Å². The summed E-state index contributed by atoms with van der Waals surface area (Å²) in [6, 6.07) is 12.2. The van der Waals surface area contributed by atoms with Crippen molar-refractivity contribution in [3.63, 3.8) is 0 Å². The van der Waals surface area contributed by atoms with E-state index in [0.29, 0.717) is 16.8 Å². The predicted octanol–water partition coefficient (Wildman–Crippen LogP) is 3.42. The summed E-state index contributed by atoms with van der Waals surface area (Å²) in [6.45, 7) is 1.71. The van der Waals surface area contributed by atoms with E-state index in [1.54, 1.807) is 31.2 Å². The minimum atomic E-state index is -1.68. The van der Waals surface area contributed by atoms with Crippen LogP contribution in [0.5, 0.6) is 0 Å². The van der Waals surface area contributed by atoms with Crippen molar-refractivity contribution in [3.8, 4) is 0 Å². The van der Waals surface area contributed by atoms with Crippen LogP contribution in [0.1, 0.15) is 29.3 Å². The van der Waals surface area contributed by atoms with Gasteiger partial charge in [0.1, 0.15) is 0 Å². The molecule has 1 amide bonds. The maximum atomic E-state index is 12.8. The molecular weight excluding hydrogens is 390 g/mol. The molecule has 1 heterocycles. The number of benzene rings is 2. The van der Waals surface area contributed by atoms with E-state index in [2.05, 4.69) is 21.0 Å². The van der Waals surface area contributed by atoms with E-state index in [1.165, 1.54) is 24.3 Å². The average Bonchev–Trinajstić information content (AvgIpc) is 2.90. The molecule has 0 fully saturated rings. The van der Waals surface area contributed by atoms with E-state index in [-0.39, 0.29) is 12.1 Å². The molecule has 0 saturated carbocycles. The molecule has 0 saturated heterocycles. The summed E-state index contributed by atoms with van der Waals surface area (Å²) >= 11 is 3.31. The van der Waals surface area contributed by atoms with Crippen LogP contribution in [-0.2, 0) is 5.72 Å². The Bertz CT molecular complexity index is 882. The number of carbonyl (C=O) groups is 1. The Hall–Kier alpha value is -2.58. The van der Waals surface area contributed by atoms with Crippen molar-refractivity contribution in [1.82, 2.24) is 5.01 Å². The summed E-state index contributed by atoms with van der Waals surface area (Å²) in [5.41, 5.74) is -0.453. The third kappa shape index (κ3) is 3.18. The van der Waals surface area contributed by atoms with Crippen LogP contribution in [0.15, 0.2) is 58.1 Å². The van der Waals surface area contributed by atoms with Crippen molar-refractivity contribution in [2.45, 2.75) is 19.1 Å². The van der Waals surface area contributed by atoms with Crippen LogP contribution in [0.3, 0.4) is 0 Å². The molecule has 25 heavy (non-hydrogen) atoms. The number of aliphatic hydroxyl groups is 1. The zero-order chi connectivity index (χ0) is 18.2. The lowest BCUT2D eigenvalue weighted by molar-refractivity contribution is -0.384. The Balaban J connectivity index is 1.99. The summed E-state index contributed by atoms with van der Waals surface area (Å²) in [4.78, 5) is 23.1. The van der Waals surface area contributed by atoms with E-state index >= 15 is 0 Å². The molecule has 2 aromatic rings. The molecule has 1 N–H and O–H groups in total. The third-order valence-electron chi connectivity index (χ3n) is 3.93. The van der Waals surface area contributed by atoms with Crippen LogP contribution < -0.4 is 0 Å². The van der Waals surface area contributed by atoms with Gasteiger partial charge in [0, 0.05) is 39.9 Å². The zero-order valence-corrected chi connectivity index (χ0v) is 14.8. The van der Waals surface area contributed by atoms with Gasteiger partial charge in [-0.2, -0.15) is 10.1 Å². The number of nitro groups is 1. The maximum absolute atomic E-state index is 12.8. The number of rotatable bonds is 3. The Kier molecular flexibility index (Phi) is 4.40. The molecule has 0 spiro atoms. The first-order valence-corrected chi connectivity index (χ1v) is 8.22. The second kappa shape index (κ2) is 6.38. The van der Waals surface area contributed by atoms with Gasteiger partial charge in [-0.15, -0.1) is 0 Å². The number of hydrogen-bond acceptors (Lipinski definition) is 5. The van der Waals surface area contributed by atoms with E-state index in [9.17, 15) is 20.0 Å². The van der Waals surface area contributed by atoms with E-state index in [1.807, 2.05) is 0 Å². The molecule has 3 rings (SSSR count). The average molecular weight is 404 g/mol. The Morgan fingerprint density at radius 3 is 2.60 bits per heavy atom. The highest BCUT2D eigenvalue weighted by molar-refractivity contribution is 9.10. The minimum Gasteiger partial charge on any atom is -0.365 e. The zero-order valence-electron chi connectivity index (χ0n) is 13.2. The lowest BCUT2D eigenvalue weighted by Crippen LogP contribution is -2.43. The summed E-state index contributed by atoms with van der Waals surface area (Å²) in [7, 11) is 0. The normalized spacial score (nSPS) is 19.6. The number of carbonyl (C=O) groups excluding carboxylic acids is 1. The standard InChI is InChI=1S/C17H14BrN3O4/c1-11-10-17(23,13-5-7-15(8-6-13)21(24)25)20(19-11)16(22)12-3-2-4-14(18)9-12/h2-9,23H,10H2,1H3/t17-/m0/s1. The molecule has 128 valence electrons. The molecule has 2 aromatic carbocycles. The van der Waals surface area contributed by atoms with Gasteiger partial charge in [0.2, 0.25) is 0 Å². The van der Waals surface area contributed by atoms with Gasteiger partial charge < -0.3 is 5.11 Å². The second-order valence-corrected chi connectivity index (χ2v) is 6.68. The fraction of sp³-hybridized carbons (Fsp3) is 0.176. The van der Waals surface area contributed by atoms with Gasteiger partial charge in [0.15, 0.2) is 5.72 Å². The Morgan fingerprint density at radius 2 is 2.00 bits per heavy atom. The van der Waals surface area contributed by atoms with Crippen molar-refractivity contribution >= 4 is 33.2 Å². The molecule has 1 aliphatic heterocycles. The van der Waals surface area contributed by atoms with Crippen LogP contribution in [0.2, 0.25) is 0 Å². The van der Waals surface area contributed by atoms with Crippen molar-refractivity contribution < 1.29 is 14.8 Å². The first kappa shape index (κ1) is 17.2. The molecule has 8 heteroatoms. The van der Waals surface area contributed by atoms with Gasteiger partial charge in [-0.05, 0) is 37.3 Å². The van der Waals surface area contributed by atoms with E-state index in [4.69, 9.17) is 0 Å². The molecule has 1 aliphatic rings. The van der Waals surface area contributed by atoms with Crippen LogP contribution in [0, 0.1) is 10.1 Å². The number of hydrogen-bond donors (Lipinski definition) is 1. The number of hydrazone groups is 1. The maximum Gasteiger partial charge on any atom is 0.276 e. The number of non-ortho nitro benzene ring substituents is 1. The molecule has 7 nitrogen and oxygen atoms in total. The molecule has 0 radical (unpaired) electrons. The van der Waals surface area contributed by atoms with Crippen LogP contribution in [-0.4, -0.2) is 26.7 Å².